The van der Waals surface area contributed by atoms with Gasteiger partial charge in [0.1, 0.15) is 5.82 Å². The van der Waals surface area contributed by atoms with Crippen LogP contribution in [-0.2, 0) is 0 Å². The topological polar surface area (TPSA) is 107 Å². The molecule has 3 aromatic carbocycles. The highest BCUT2D eigenvalue weighted by atomic mass is 35.5. The number of anilines is 1. The number of nitrogens with zero attached hydrogens (tertiary/aromatic N) is 1. The van der Waals surface area contributed by atoms with Crippen molar-refractivity contribution >= 4 is 40.1 Å². The molecular formula is C21H15ClN4O3. The minimum absolute atomic E-state index is 0.239. The number of carbonyl (C=O) groups is 2. The highest BCUT2D eigenvalue weighted by Crippen LogP contribution is 2.30. The second-order valence-corrected chi connectivity index (χ2v) is 6.68. The van der Waals surface area contributed by atoms with Crippen molar-refractivity contribution in [1.82, 2.24) is 15.4 Å². The maximum atomic E-state index is 12.5. The highest BCUT2D eigenvalue weighted by Gasteiger charge is 2.13. The van der Waals surface area contributed by atoms with Gasteiger partial charge >= 0.3 is 0 Å². The van der Waals surface area contributed by atoms with Gasteiger partial charge in [0.2, 0.25) is 0 Å². The van der Waals surface area contributed by atoms with Gasteiger partial charge in [-0.15, -0.1) is 0 Å². The Morgan fingerprint density at radius 3 is 2.31 bits per heavy atom. The van der Waals surface area contributed by atoms with Crippen LogP contribution in [0.2, 0.25) is 5.02 Å². The van der Waals surface area contributed by atoms with E-state index in [4.69, 9.17) is 16.8 Å². The van der Waals surface area contributed by atoms with Crippen LogP contribution in [0.1, 0.15) is 20.7 Å². The molecule has 0 radical (unpaired) electrons. The van der Waals surface area contributed by atoms with E-state index in [1.807, 2.05) is 24.3 Å². The Bertz CT molecular complexity index is 1190. The number of benzene rings is 3. The highest BCUT2D eigenvalue weighted by molar-refractivity contribution is 6.33. The van der Waals surface area contributed by atoms with Crippen LogP contribution in [-0.4, -0.2) is 27.0 Å². The molecule has 0 unspecified atom stereocenters. The lowest BCUT2D eigenvalue weighted by atomic mass is 10.1. The number of halogens is 1. The Kier molecular flexibility index (Phi) is 4.99. The molecule has 1 aromatic heterocycles. The van der Waals surface area contributed by atoms with E-state index in [1.165, 1.54) is 24.3 Å². The lowest BCUT2D eigenvalue weighted by Gasteiger charge is -2.08. The van der Waals surface area contributed by atoms with Crippen LogP contribution in [0.3, 0.4) is 0 Å². The van der Waals surface area contributed by atoms with Crippen molar-refractivity contribution in [1.29, 1.82) is 0 Å². The quantitative estimate of drug-likeness (QED) is 0.300. The van der Waals surface area contributed by atoms with E-state index in [2.05, 4.69) is 15.3 Å². The second-order valence-electron chi connectivity index (χ2n) is 6.27. The molecule has 4 N–H and O–H groups in total. The van der Waals surface area contributed by atoms with E-state index < -0.39 is 5.91 Å². The Balaban J connectivity index is 1.58. The van der Waals surface area contributed by atoms with Gasteiger partial charge in [0.15, 0.2) is 0 Å². The normalized spacial score (nSPS) is 10.7. The second kappa shape index (κ2) is 7.75. The average molecular weight is 407 g/mol. The summed E-state index contributed by atoms with van der Waals surface area (Å²) < 4.78 is 0. The number of aromatic amines is 1. The minimum atomic E-state index is -0.648. The summed E-state index contributed by atoms with van der Waals surface area (Å²) in [4.78, 5) is 31.7. The van der Waals surface area contributed by atoms with Crippen LogP contribution < -0.4 is 10.8 Å². The average Bonchev–Trinajstić information content (AvgIpc) is 3.18. The molecule has 2 amide bonds. The fourth-order valence-electron chi connectivity index (χ4n) is 2.91. The summed E-state index contributed by atoms with van der Waals surface area (Å²) in [7, 11) is 0. The zero-order valence-electron chi connectivity index (χ0n) is 14.9. The fourth-order valence-corrected chi connectivity index (χ4v) is 3.11. The van der Waals surface area contributed by atoms with Gasteiger partial charge in [0.05, 0.1) is 16.1 Å². The maximum absolute atomic E-state index is 12.5. The monoisotopic (exact) mass is 406 g/mol. The SMILES string of the molecule is O=C(NO)c1ccc(C(=O)Nc2ccc(Cl)c(-c3nc4ccccc4[nH]3)c2)cc1. The van der Waals surface area contributed by atoms with Crippen LogP contribution in [0.15, 0.2) is 66.7 Å². The van der Waals surface area contributed by atoms with Gasteiger partial charge in [-0.1, -0.05) is 23.7 Å². The van der Waals surface area contributed by atoms with Gasteiger partial charge in [-0.05, 0) is 54.6 Å². The number of nitrogens with one attached hydrogen (secondary N) is 3. The molecular weight excluding hydrogens is 392 g/mol. The number of para-hydroxylation sites is 2. The summed E-state index contributed by atoms with van der Waals surface area (Å²) in [6, 6.07) is 18.6. The summed E-state index contributed by atoms with van der Waals surface area (Å²) in [6.45, 7) is 0. The molecule has 0 bridgehead atoms. The number of carbonyl (C=O) groups excluding carboxylic acids is 2. The van der Waals surface area contributed by atoms with E-state index >= 15 is 0 Å². The standard InChI is InChI=1S/C21H15ClN4O3/c22-16-10-9-14(11-15(16)19-24-17-3-1-2-4-18(17)25-19)23-20(27)12-5-7-13(8-6-12)21(28)26-29/h1-11,29H,(H,23,27)(H,24,25)(H,26,28). The zero-order valence-corrected chi connectivity index (χ0v) is 15.7. The van der Waals surface area contributed by atoms with Crippen molar-refractivity contribution in [2.45, 2.75) is 0 Å². The minimum Gasteiger partial charge on any atom is -0.338 e. The zero-order chi connectivity index (χ0) is 20.4. The third kappa shape index (κ3) is 3.82. The number of rotatable bonds is 4. The molecule has 144 valence electrons. The molecule has 0 spiro atoms. The third-order valence-electron chi connectivity index (χ3n) is 4.38. The van der Waals surface area contributed by atoms with E-state index in [9.17, 15) is 9.59 Å². The molecule has 0 fully saturated rings. The number of fused-ring (bicyclic) bond motifs is 1. The van der Waals surface area contributed by atoms with Crippen LogP contribution >= 0.6 is 11.6 Å². The Hall–Kier alpha value is -3.68. The van der Waals surface area contributed by atoms with Crippen molar-refractivity contribution in [2.24, 2.45) is 0 Å². The molecule has 8 heteroatoms. The van der Waals surface area contributed by atoms with Gasteiger partial charge in [0, 0.05) is 22.4 Å². The van der Waals surface area contributed by atoms with E-state index in [0.717, 1.165) is 11.0 Å². The van der Waals surface area contributed by atoms with Crippen molar-refractivity contribution in [2.75, 3.05) is 5.32 Å². The number of amides is 2. The fraction of sp³-hybridized carbons (Fsp3) is 0. The van der Waals surface area contributed by atoms with Crippen molar-refractivity contribution < 1.29 is 14.8 Å². The smallest absolute Gasteiger partial charge is 0.274 e. The van der Waals surface area contributed by atoms with Crippen LogP contribution in [0.5, 0.6) is 0 Å². The Morgan fingerprint density at radius 1 is 0.931 bits per heavy atom. The first-order chi connectivity index (χ1) is 14.0. The molecule has 29 heavy (non-hydrogen) atoms. The Morgan fingerprint density at radius 2 is 1.62 bits per heavy atom. The summed E-state index contributed by atoms with van der Waals surface area (Å²) in [5.74, 6) is -0.393. The lowest BCUT2D eigenvalue weighted by molar-refractivity contribution is 0.0706. The predicted octanol–water partition coefficient (Wildman–Crippen LogP) is 4.25. The Labute approximate surface area is 170 Å². The number of hydroxylamine groups is 1. The largest absolute Gasteiger partial charge is 0.338 e. The lowest BCUT2D eigenvalue weighted by Crippen LogP contribution is -2.19. The van der Waals surface area contributed by atoms with Crippen LogP contribution in [0.25, 0.3) is 22.4 Å². The molecule has 4 rings (SSSR count). The predicted molar refractivity (Wildman–Crippen MR) is 110 cm³/mol. The molecule has 0 aliphatic carbocycles. The molecule has 0 saturated carbocycles. The van der Waals surface area contributed by atoms with Gasteiger partial charge in [-0.3, -0.25) is 14.8 Å². The number of H-pyrrole nitrogens is 1. The van der Waals surface area contributed by atoms with Crippen LogP contribution in [0.4, 0.5) is 5.69 Å². The molecule has 1 heterocycles. The summed E-state index contributed by atoms with van der Waals surface area (Å²) >= 11 is 6.34. The summed E-state index contributed by atoms with van der Waals surface area (Å²) in [6.07, 6.45) is 0. The molecule has 4 aromatic rings. The van der Waals surface area contributed by atoms with Gasteiger partial charge < -0.3 is 10.3 Å². The molecule has 0 saturated heterocycles. The number of imidazole rings is 1. The van der Waals surface area contributed by atoms with Crippen molar-refractivity contribution in [3.63, 3.8) is 0 Å². The molecule has 0 aliphatic rings. The van der Waals surface area contributed by atoms with Gasteiger partial charge in [0.25, 0.3) is 11.8 Å². The summed E-state index contributed by atoms with van der Waals surface area (Å²) in [5, 5.41) is 12.0. The number of hydrogen-bond acceptors (Lipinski definition) is 4. The molecule has 0 atom stereocenters. The van der Waals surface area contributed by atoms with Gasteiger partial charge in [-0.25, -0.2) is 10.5 Å². The van der Waals surface area contributed by atoms with E-state index in [1.54, 1.807) is 23.7 Å². The first-order valence-corrected chi connectivity index (χ1v) is 9.03. The van der Waals surface area contributed by atoms with Crippen molar-refractivity contribution in [3.8, 4) is 11.4 Å². The van der Waals surface area contributed by atoms with Crippen molar-refractivity contribution in [3.05, 3.63) is 82.9 Å². The molecule has 7 nitrogen and oxygen atoms in total. The summed E-state index contributed by atoms with van der Waals surface area (Å²) in [5.41, 5.74) is 5.06. The maximum Gasteiger partial charge on any atom is 0.274 e. The molecule has 0 aliphatic heterocycles. The van der Waals surface area contributed by atoms with E-state index in [-0.39, 0.29) is 11.5 Å². The van der Waals surface area contributed by atoms with Crippen LogP contribution in [0, 0.1) is 0 Å². The van der Waals surface area contributed by atoms with Gasteiger partial charge in [-0.2, -0.15) is 0 Å². The third-order valence-corrected chi connectivity index (χ3v) is 4.71. The number of hydrogen-bond donors (Lipinski definition) is 4. The first-order valence-electron chi connectivity index (χ1n) is 8.65. The van der Waals surface area contributed by atoms with E-state index in [0.29, 0.717) is 27.7 Å². The number of aromatic nitrogens is 2. The first kappa shape index (κ1) is 18.7.